The quantitative estimate of drug-likeness (QED) is 0.814. The van der Waals surface area contributed by atoms with Gasteiger partial charge >= 0.3 is 0 Å². The van der Waals surface area contributed by atoms with Gasteiger partial charge in [0.05, 0.1) is 18.8 Å². The van der Waals surface area contributed by atoms with Crippen LogP contribution in [0.15, 0.2) is 18.3 Å². The molecule has 0 bridgehead atoms. The summed E-state index contributed by atoms with van der Waals surface area (Å²) in [7, 11) is 0. The summed E-state index contributed by atoms with van der Waals surface area (Å²) in [6.07, 6.45) is 3.51. The van der Waals surface area contributed by atoms with Crippen molar-refractivity contribution < 1.29 is 14.3 Å². The SMILES string of the molecule is Cc1ccc(C(=O)N(CCN2CCOCC2)C2CCOCC2)cn1. The standard InChI is InChI=1S/C18H27N3O3/c1-15-2-3-16(14-19-15)18(22)21(17-4-10-23-11-5-17)7-6-20-8-12-24-13-9-20/h2-3,14,17H,4-13H2,1H3. The highest BCUT2D eigenvalue weighted by atomic mass is 16.5. The lowest BCUT2D eigenvalue weighted by molar-refractivity contribution is 0.0141. The molecule has 2 fully saturated rings. The largest absolute Gasteiger partial charge is 0.381 e. The Hall–Kier alpha value is -1.50. The first-order valence-corrected chi connectivity index (χ1v) is 8.85. The molecule has 1 aromatic rings. The fourth-order valence-electron chi connectivity index (χ4n) is 3.28. The number of aromatic nitrogens is 1. The monoisotopic (exact) mass is 333 g/mol. The van der Waals surface area contributed by atoms with Crippen LogP contribution >= 0.6 is 0 Å². The van der Waals surface area contributed by atoms with Gasteiger partial charge < -0.3 is 14.4 Å². The van der Waals surface area contributed by atoms with Crippen LogP contribution in [-0.2, 0) is 9.47 Å². The molecule has 0 spiro atoms. The number of carbonyl (C=O) groups excluding carboxylic acids is 1. The average Bonchev–Trinajstić information content (AvgIpc) is 2.64. The van der Waals surface area contributed by atoms with Crippen LogP contribution in [0.4, 0.5) is 0 Å². The third-order valence-corrected chi connectivity index (χ3v) is 4.81. The van der Waals surface area contributed by atoms with E-state index >= 15 is 0 Å². The second-order valence-corrected chi connectivity index (χ2v) is 6.48. The Bertz CT molecular complexity index is 523. The van der Waals surface area contributed by atoms with E-state index in [1.807, 2.05) is 24.0 Å². The number of pyridine rings is 1. The molecule has 2 aliphatic rings. The van der Waals surface area contributed by atoms with E-state index in [9.17, 15) is 4.79 Å². The van der Waals surface area contributed by atoms with E-state index < -0.39 is 0 Å². The van der Waals surface area contributed by atoms with Gasteiger partial charge in [-0.05, 0) is 31.9 Å². The zero-order valence-electron chi connectivity index (χ0n) is 14.4. The second kappa shape index (κ2) is 8.55. The lowest BCUT2D eigenvalue weighted by Crippen LogP contribution is -2.48. The van der Waals surface area contributed by atoms with Gasteiger partial charge in [0.1, 0.15) is 0 Å². The van der Waals surface area contributed by atoms with Crippen LogP contribution in [0.1, 0.15) is 28.9 Å². The van der Waals surface area contributed by atoms with Gasteiger partial charge in [0.15, 0.2) is 0 Å². The number of morpholine rings is 1. The van der Waals surface area contributed by atoms with Crippen LogP contribution in [0.25, 0.3) is 0 Å². The molecule has 1 amide bonds. The summed E-state index contributed by atoms with van der Waals surface area (Å²) >= 11 is 0. The van der Waals surface area contributed by atoms with Crippen LogP contribution in [-0.4, -0.2) is 79.3 Å². The number of amides is 1. The van der Waals surface area contributed by atoms with Gasteiger partial charge in [0.25, 0.3) is 5.91 Å². The van der Waals surface area contributed by atoms with Gasteiger partial charge in [-0.3, -0.25) is 14.7 Å². The zero-order valence-corrected chi connectivity index (χ0v) is 14.4. The number of aryl methyl sites for hydroxylation is 1. The van der Waals surface area contributed by atoms with Gasteiger partial charge in [-0.25, -0.2) is 0 Å². The summed E-state index contributed by atoms with van der Waals surface area (Å²) in [5.74, 6) is 0.0858. The van der Waals surface area contributed by atoms with E-state index in [0.717, 1.165) is 71.1 Å². The van der Waals surface area contributed by atoms with E-state index in [1.165, 1.54) is 0 Å². The van der Waals surface area contributed by atoms with Crippen molar-refractivity contribution in [2.45, 2.75) is 25.8 Å². The lowest BCUT2D eigenvalue weighted by atomic mass is 10.1. The minimum absolute atomic E-state index is 0.0858. The van der Waals surface area contributed by atoms with Crippen molar-refractivity contribution >= 4 is 5.91 Å². The molecule has 6 heteroatoms. The molecule has 2 saturated heterocycles. The summed E-state index contributed by atoms with van der Waals surface area (Å²) in [6.45, 7) is 8.51. The third-order valence-electron chi connectivity index (χ3n) is 4.81. The highest BCUT2D eigenvalue weighted by Gasteiger charge is 2.27. The third kappa shape index (κ3) is 4.53. The molecule has 0 aromatic carbocycles. The Morgan fingerprint density at radius 2 is 1.92 bits per heavy atom. The van der Waals surface area contributed by atoms with Crippen LogP contribution < -0.4 is 0 Å². The maximum atomic E-state index is 13.0. The first-order valence-electron chi connectivity index (χ1n) is 8.85. The van der Waals surface area contributed by atoms with Crippen molar-refractivity contribution in [2.75, 3.05) is 52.6 Å². The van der Waals surface area contributed by atoms with E-state index in [-0.39, 0.29) is 11.9 Å². The maximum Gasteiger partial charge on any atom is 0.255 e. The molecule has 6 nitrogen and oxygen atoms in total. The fourth-order valence-corrected chi connectivity index (χ4v) is 3.28. The van der Waals surface area contributed by atoms with Crippen LogP contribution in [0.2, 0.25) is 0 Å². The minimum atomic E-state index is 0.0858. The Labute approximate surface area is 143 Å². The van der Waals surface area contributed by atoms with Gasteiger partial charge in [-0.2, -0.15) is 0 Å². The Balaban J connectivity index is 1.68. The smallest absolute Gasteiger partial charge is 0.255 e. The number of carbonyl (C=O) groups is 1. The van der Waals surface area contributed by atoms with Gasteiger partial charge in [0, 0.05) is 57.3 Å². The highest BCUT2D eigenvalue weighted by molar-refractivity contribution is 5.94. The van der Waals surface area contributed by atoms with Crippen molar-refractivity contribution in [2.24, 2.45) is 0 Å². The minimum Gasteiger partial charge on any atom is -0.381 e. The highest BCUT2D eigenvalue weighted by Crippen LogP contribution is 2.18. The summed E-state index contributed by atoms with van der Waals surface area (Å²) in [4.78, 5) is 21.7. The maximum absolute atomic E-state index is 13.0. The summed E-state index contributed by atoms with van der Waals surface area (Å²) in [6, 6.07) is 4.04. The van der Waals surface area contributed by atoms with Crippen molar-refractivity contribution in [3.05, 3.63) is 29.6 Å². The summed E-state index contributed by atoms with van der Waals surface area (Å²) < 4.78 is 10.9. The Morgan fingerprint density at radius 3 is 2.58 bits per heavy atom. The number of rotatable bonds is 5. The van der Waals surface area contributed by atoms with Crippen LogP contribution in [0.3, 0.4) is 0 Å². The molecule has 3 heterocycles. The van der Waals surface area contributed by atoms with Crippen molar-refractivity contribution in [1.29, 1.82) is 0 Å². The summed E-state index contributed by atoms with van der Waals surface area (Å²) in [5, 5.41) is 0. The fraction of sp³-hybridized carbons (Fsp3) is 0.667. The predicted octanol–water partition coefficient (Wildman–Crippen LogP) is 1.34. The number of hydrogen-bond donors (Lipinski definition) is 0. The molecule has 0 radical (unpaired) electrons. The zero-order chi connectivity index (χ0) is 16.8. The second-order valence-electron chi connectivity index (χ2n) is 6.48. The molecule has 0 N–H and O–H groups in total. The molecule has 0 aliphatic carbocycles. The molecular weight excluding hydrogens is 306 g/mol. The molecule has 0 atom stereocenters. The van der Waals surface area contributed by atoms with Gasteiger partial charge in [-0.1, -0.05) is 0 Å². The molecule has 132 valence electrons. The first-order chi connectivity index (χ1) is 11.7. The molecular formula is C18H27N3O3. The van der Waals surface area contributed by atoms with Crippen molar-refractivity contribution in [3.63, 3.8) is 0 Å². The van der Waals surface area contributed by atoms with E-state index in [2.05, 4.69) is 9.88 Å². The van der Waals surface area contributed by atoms with E-state index in [1.54, 1.807) is 6.20 Å². The van der Waals surface area contributed by atoms with Gasteiger partial charge in [-0.15, -0.1) is 0 Å². The average molecular weight is 333 g/mol. The van der Waals surface area contributed by atoms with E-state index in [4.69, 9.17) is 9.47 Å². The Kier molecular flexibility index (Phi) is 6.18. The van der Waals surface area contributed by atoms with Crippen molar-refractivity contribution in [3.8, 4) is 0 Å². The van der Waals surface area contributed by atoms with E-state index in [0.29, 0.717) is 5.56 Å². The van der Waals surface area contributed by atoms with Gasteiger partial charge in [0.2, 0.25) is 0 Å². The molecule has 0 unspecified atom stereocenters. The van der Waals surface area contributed by atoms with Crippen LogP contribution in [0.5, 0.6) is 0 Å². The molecule has 24 heavy (non-hydrogen) atoms. The van der Waals surface area contributed by atoms with Crippen molar-refractivity contribution in [1.82, 2.24) is 14.8 Å². The lowest BCUT2D eigenvalue weighted by Gasteiger charge is -2.36. The first kappa shape index (κ1) is 17.3. The van der Waals surface area contributed by atoms with Crippen LogP contribution in [0, 0.1) is 6.92 Å². The molecule has 2 aliphatic heterocycles. The number of hydrogen-bond acceptors (Lipinski definition) is 5. The molecule has 0 saturated carbocycles. The predicted molar refractivity (Wildman–Crippen MR) is 91.1 cm³/mol. The normalized spacial score (nSPS) is 20.0. The topological polar surface area (TPSA) is 54.9 Å². The molecule has 3 rings (SSSR count). The number of nitrogens with zero attached hydrogens (tertiary/aromatic N) is 3. The molecule has 1 aromatic heterocycles. The number of ether oxygens (including phenoxy) is 2. The Morgan fingerprint density at radius 1 is 1.21 bits per heavy atom. The summed E-state index contributed by atoms with van der Waals surface area (Å²) in [5.41, 5.74) is 1.60.